The number of rotatable bonds is 5. The summed E-state index contributed by atoms with van der Waals surface area (Å²) in [5, 5.41) is 21.2. The molecular weight excluding hydrogens is 432 g/mol. The summed E-state index contributed by atoms with van der Waals surface area (Å²) < 4.78 is 11.7. The van der Waals surface area contributed by atoms with Crippen LogP contribution in [0.3, 0.4) is 0 Å². The molecule has 0 spiro atoms. The first kappa shape index (κ1) is 24.8. The molecule has 3 saturated carbocycles. The minimum Gasteiger partial charge on any atom is -0.508 e. The van der Waals surface area contributed by atoms with Gasteiger partial charge in [-0.25, -0.2) is 4.79 Å². The number of aliphatic hydroxyl groups is 1. The SMILES string of the molecule is C=C[C@]1(C)C[C@@H](OC(=O)COc2cccc(O)c2)[C@]2(C)C(C)CCC3(CCC(=O)C32)[C@@H](C)[C@@H]1O. The Balaban J connectivity index is 1.68. The van der Waals surface area contributed by atoms with Gasteiger partial charge in [-0.2, -0.15) is 0 Å². The van der Waals surface area contributed by atoms with E-state index in [2.05, 4.69) is 27.4 Å². The summed E-state index contributed by atoms with van der Waals surface area (Å²) >= 11 is 0. The molecule has 186 valence electrons. The largest absolute Gasteiger partial charge is 0.508 e. The smallest absolute Gasteiger partial charge is 0.344 e. The van der Waals surface area contributed by atoms with Gasteiger partial charge >= 0.3 is 5.97 Å². The van der Waals surface area contributed by atoms with Crippen molar-refractivity contribution in [2.45, 2.75) is 72.0 Å². The number of carbonyl (C=O) groups excluding carboxylic acids is 2. The molecule has 3 fully saturated rings. The number of phenolic OH excluding ortho intramolecular Hbond substituents is 1. The lowest BCUT2D eigenvalue weighted by Crippen LogP contribution is -2.63. The zero-order chi connectivity index (χ0) is 24.9. The van der Waals surface area contributed by atoms with Crippen molar-refractivity contribution >= 4 is 11.8 Å². The van der Waals surface area contributed by atoms with Crippen LogP contribution in [0, 0.1) is 34.0 Å². The molecule has 3 unspecified atom stereocenters. The standard InChI is InChI=1S/C28H38O6/c1-6-26(4)15-22(34-23(31)16-33-20-9-7-8-19(29)14-20)27(5)17(2)10-12-28(18(3)25(26)32)13-11-21(30)24(27)28/h6-9,14,17-18,22,24-25,29,32H,1,10-13,15-16H2,2-5H3/t17?,18-,22+,24?,25-,26+,27-,28?/m0/s1. The van der Waals surface area contributed by atoms with E-state index in [1.807, 2.05) is 6.92 Å². The number of Topliss-reactive ketones (excluding diaryl/α,β-unsaturated/α-hetero) is 1. The highest BCUT2D eigenvalue weighted by molar-refractivity contribution is 5.85. The zero-order valence-electron chi connectivity index (χ0n) is 20.8. The van der Waals surface area contributed by atoms with Gasteiger partial charge in [-0.05, 0) is 55.1 Å². The second-order valence-electron chi connectivity index (χ2n) is 11.4. The van der Waals surface area contributed by atoms with Crippen LogP contribution in [0.25, 0.3) is 0 Å². The highest BCUT2D eigenvalue weighted by Gasteiger charge is 2.68. The zero-order valence-corrected chi connectivity index (χ0v) is 20.8. The van der Waals surface area contributed by atoms with Crippen molar-refractivity contribution in [1.29, 1.82) is 0 Å². The first-order valence-corrected chi connectivity index (χ1v) is 12.4. The first-order chi connectivity index (χ1) is 16.0. The number of hydrogen-bond acceptors (Lipinski definition) is 6. The van der Waals surface area contributed by atoms with Crippen LogP contribution < -0.4 is 4.74 Å². The van der Waals surface area contributed by atoms with Crippen LogP contribution in [-0.2, 0) is 14.3 Å². The lowest BCUT2D eigenvalue weighted by molar-refractivity contribution is -0.207. The molecule has 0 aromatic heterocycles. The average Bonchev–Trinajstić information content (AvgIpc) is 3.16. The van der Waals surface area contributed by atoms with Crippen molar-refractivity contribution in [3.63, 3.8) is 0 Å². The molecule has 3 aliphatic rings. The Kier molecular flexibility index (Phi) is 6.34. The van der Waals surface area contributed by atoms with Gasteiger partial charge < -0.3 is 19.7 Å². The lowest BCUT2D eigenvalue weighted by Gasteiger charge is -2.61. The number of ether oxygens (including phenoxy) is 2. The van der Waals surface area contributed by atoms with Crippen LogP contribution in [0.15, 0.2) is 36.9 Å². The Morgan fingerprint density at radius 1 is 1.26 bits per heavy atom. The third kappa shape index (κ3) is 3.74. The molecule has 6 heteroatoms. The molecule has 4 rings (SSSR count). The van der Waals surface area contributed by atoms with Crippen molar-refractivity contribution in [3.05, 3.63) is 36.9 Å². The minimum atomic E-state index is -0.693. The average molecular weight is 471 g/mol. The molecule has 6 nitrogen and oxygen atoms in total. The van der Waals surface area contributed by atoms with Gasteiger partial charge in [-0.1, -0.05) is 39.8 Å². The second-order valence-corrected chi connectivity index (χ2v) is 11.4. The van der Waals surface area contributed by atoms with E-state index < -0.39 is 29.0 Å². The number of aromatic hydroxyl groups is 1. The second kappa shape index (κ2) is 8.71. The summed E-state index contributed by atoms with van der Waals surface area (Å²) in [4.78, 5) is 26.4. The molecule has 0 heterocycles. The van der Waals surface area contributed by atoms with Crippen LogP contribution in [0.4, 0.5) is 0 Å². The van der Waals surface area contributed by atoms with E-state index in [1.165, 1.54) is 12.1 Å². The maximum atomic E-state index is 13.4. The van der Waals surface area contributed by atoms with Crippen molar-refractivity contribution in [2.75, 3.05) is 6.61 Å². The van der Waals surface area contributed by atoms with Gasteiger partial charge in [0, 0.05) is 29.2 Å². The van der Waals surface area contributed by atoms with Crippen LogP contribution in [-0.4, -0.2) is 40.8 Å². The Hall–Kier alpha value is -2.34. The third-order valence-corrected chi connectivity index (χ3v) is 9.75. The lowest BCUT2D eigenvalue weighted by atomic mass is 9.44. The molecule has 2 bridgehead atoms. The van der Waals surface area contributed by atoms with E-state index in [-0.39, 0.29) is 41.3 Å². The molecule has 0 saturated heterocycles. The predicted molar refractivity (Wildman–Crippen MR) is 128 cm³/mol. The van der Waals surface area contributed by atoms with E-state index in [4.69, 9.17) is 9.47 Å². The predicted octanol–water partition coefficient (Wildman–Crippen LogP) is 4.68. The molecule has 8 atom stereocenters. The molecule has 3 aliphatic carbocycles. The van der Waals surface area contributed by atoms with Gasteiger partial charge in [0.25, 0.3) is 0 Å². The fourth-order valence-electron chi connectivity index (χ4n) is 7.41. The van der Waals surface area contributed by atoms with Crippen LogP contribution in [0.2, 0.25) is 0 Å². The van der Waals surface area contributed by atoms with E-state index >= 15 is 0 Å². The molecule has 34 heavy (non-hydrogen) atoms. The number of carbonyl (C=O) groups is 2. The number of phenols is 1. The Morgan fingerprint density at radius 3 is 2.68 bits per heavy atom. The van der Waals surface area contributed by atoms with Gasteiger partial charge in [-0.15, -0.1) is 6.58 Å². The van der Waals surface area contributed by atoms with Crippen molar-refractivity contribution in [3.8, 4) is 11.5 Å². The van der Waals surface area contributed by atoms with E-state index in [0.29, 0.717) is 18.6 Å². The Morgan fingerprint density at radius 2 is 2.00 bits per heavy atom. The Bertz CT molecular complexity index is 973. The number of benzene rings is 1. The van der Waals surface area contributed by atoms with Crippen LogP contribution in [0.1, 0.15) is 59.8 Å². The van der Waals surface area contributed by atoms with Crippen LogP contribution in [0.5, 0.6) is 11.5 Å². The van der Waals surface area contributed by atoms with Gasteiger partial charge in [0.2, 0.25) is 0 Å². The summed E-state index contributed by atoms with van der Waals surface area (Å²) in [5.41, 5.74) is -1.52. The highest BCUT2D eigenvalue weighted by Crippen LogP contribution is 2.67. The minimum absolute atomic E-state index is 0.0513. The number of aliphatic hydroxyl groups excluding tert-OH is 1. The quantitative estimate of drug-likeness (QED) is 0.480. The molecule has 1 aromatic carbocycles. The summed E-state index contributed by atoms with van der Waals surface area (Å²) in [5.74, 6) is -0.0243. The highest BCUT2D eigenvalue weighted by atomic mass is 16.6. The molecule has 1 aromatic rings. The van der Waals surface area contributed by atoms with Crippen molar-refractivity contribution < 1.29 is 29.3 Å². The molecule has 0 aliphatic heterocycles. The third-order valence-electron chi connectivity index (χ3n) is 9.75. The molecular formula is C28H38O6. The summed E-state index contributed by atoms with van der Waals surface area (Å²) in [6, 6.07) is 6.26. The topological polar surface area (TPSA) is 93.1 Å². The van der Waals surface area contributed by atoms with E-state index in [0.717, 1.165) is 19.3 Å². The maximum Gasteiger partial charge on any atom is 0.344 e. The fourth-order valence-corrected chi connectivity index (χ4v) is 7.41. The van der Waals surface area contributed by atoms with E-state index in [9.17, 15) is 19.8 Å². The van der Waals surface area contributed by atoms with Gasteiger partial charge in [0.05, 0.1) is 6.10 Å². The van der Waals surface area contributed by atoms with Gasteiger partial charge in [0.15, 0.2) is 6.61 Å². The Labute approximate surface area is 202 Å². The van der Waals surface area contributed by atoms with Gasteiger partial charge in [-0.3, -0.25) is 4.79 Å². The van der Waals surface area contributed by atoms with Crippen molar-refractivity contribution in [1.82, 2.24) is 0 Å². The first-order valence-electron chi connectivity index (χ1n) is 12.4. The summed E-state index contributed by atoms with van der Waals surface area (Å²) in [7, 11) is 0. The van der Waals surface area contributed by atoms with Crippen molar-refractivity contribution in [2.24, 2.45) is 34.0 Å². The number of ketones is 1. The molecule has 2 N–H and O–H groups in total. The summed E-state index contributed by atoms with van der Waals surface area (Å²) in [6.45, 7) is 12.1. The number of hydrogen-bond donors (Lipinski definition) is 2. The number of esters is 1. The summed E-state index contributed by atoms with van der Waals surface area (Å²) in [6.07, 6.45) is 4.02. The maximum absolute atomic E-state index is 13.4. The molecule has 0 amide bonds. The fraction of sp³-hybridized carbons (Fsp3) is 0.643. The van der Waals surface area contributed by atoms with Crippen LogP contribution >= 0.6 is 0 Å². The van der Waals surface area contributed by atoms with Gasteiger partial charge in [0.1, 0.15) is 23.4 Å². The monoisotopic (exact) mass is 470 g/mol. The normalized spacial score (nSPS) is 41.7. The van der Waals surface area contributed by atoms with E-state index in [1.54, 1.807) is 18.2 Å². The molecule has 0 radical (unpaired) electrons.